The summed E-state index contributed by atoms with van der Waals surface area (Å²) in [6.07, 6.45) is 4.19. The van der Waals surface area contributed by atoms with Gasteiger partial charge in [-0.1, -0.05) is 18.6 Å². The van der Waals surface area contributed by atoms with Gasteiger partial charge in [0.2, 0.25) is 0 Å². The number of benzene rings is 1. The molecule has 0 aliphatic carbocycles. The fourth-order valence-electron chi connectivity index (χ4n) is 2.75. The molecule has 0 amide bonds. The Kier molecular flexibility index (Phi) is 5.86. The Morgan fingerprint density at radius 2 is 2.00 bits per heavy atom. The van der Waals surface area contributed by atoms with Gasteiger partial charge in [0.25, 0.3) is 0 Å². The van der Waals surface area contributed by atoms with Crippen LogP contribution in [-0.4, -0.2) is 24.7 Å². The minimum Gasteiger partial charge on any atom is -0.491 e. The largest absolute Gasteiger partial charge is 0.491 e. The van der Waals surface area contributed by atoms with Gasteiger partial charge in [-0.25, -0.2) is 0 Å². The molecule has 2 atom stereocenters. The van der Waals surface area contributed by atoms with Crippen LogP contribution in [0.3, 0.4) is 0 Å². The predicted octanol–water partition coefficient (Wildman–Crippen LogP) is 3.09. The zero-order chi connectivity index (χ0) is 14.4. The number of piperidine rings is 1. The van der Waals surface area contributed by atoms with Gasteiger partial charge in [0.05, 0.1) is 6.10 Å². The minimum absolute atomic E-state index is 0.235. The summed E-state index contributed by atoms with van der Waals surface area (Å²) in [5, 5.41) is 7.20. The molecule has 3 heteroatoms. The lowest BCUT2D eigenvalue weighted by molar-refractivity contribution is 0.242. The maximum Gasteiger partial charge on any atom is 0.119 e. The molecule has 1 heterocycles. The van der Waals surface area contributed by atoms with Gasteiger partial charge in [0.1, 0.15) is 5.75 Å². The predicted molar refractivity (Wildman–Crippen MR) is 84.1 cm³/mol. The molecule has 2 unspecified atom stereocenters. The highest BCUT2D eigenvalue weighted by molar-refractivity contribution is 5.27. The van der Waals surface area contributed by atoms with Crippen LogP contribution in [0.5, 0.6) is 5.75 Å². The van der Waals surface area contributed by atoms with Crippen LogP contribution in [0, 0.1) is 0 Å². The van der Waals surface area contributed by atoms with Crippen LogP contribution in [0.2, 0.25) is 0 Å². The van der Waals surface area contributed by atoms with Crippen LogP contribution >= 0.6 is 0 Å². The topological polar surface area (TPSA) is 33.3 Å². The lowest BCUT2D eigenvalue weighted by atomic mass is 9.99. The van der Waals surface area contributed by atoms with Gasteiger partial charge >= 0.3 is 0 Å². The maximum absolute atomic E-state index is 5.65. The van der Waals surface area contributed by atoms with Gasteiger partial charge in [-0.2, -0.15) is 0 Å². The van der Waals surface area contributed by atoms with E-state index in [-0.39, 0.29) is 6.10 Å². The van der Waals surface area contributed by atoms with Crippen LogP contribution in [0.4, 0.5) is 0 Å². The molecule has 112 valence electrons. The Balaban J connectivity index is 1.71. The van der Waals surface area contributed by atoms with Gasteiger partial charge in [0.15, 0.2) is 0 Å². The molecule has 1 fully saturated rings. The molecule has 1 aliphatic heterocycles. The highest BCUT2D eigenvalue weighted by Crippen LogP contribution is 2.14. The highest BCUT2D eigenvalue weighted by Gasteiger charge is 2.16. The van der Waals surface area contributed by atoms with Crippen molar-refractivity contribution < 1.29 is 4.74 Å². The van der Waals surface area contributed by atoms with Crippen molar-refractivity contribution in [1.29, 1.82) is 0 Å². The Morgan fingerprint density at radius 1 is 1.25 bits per heavy atom. The summed E-state index contributed by atoms with van der Waals surface area (Å²) < 4.78 is 5.65. The third-order valence-corrected chi connectivity index (χ3v) is 3.72. The van der Waals surface area contributed by atoms with E-state index in [1.807, 2.05) is 13.8 Å². The van der Waals surface area contributed by atoms with E-state index in [0.717, 1.165) is 18.8 Å². The Hall–Kier alpha value is -1.06. The zero-order valence-corrected chi connectivity index (χ0v) is 13.0. The van der Waals surface area contributed by atoms with Gasteiger partial charge in [0, 0.05) is 25.2 Å². The molecule has 0 spiro atoms. The number of ether oxygens (including phenoxy) is 1. The summed E-state index contributed by atoms with van der Waals surface area (Å²) in [6.45, 7) is 8.35. The van der Waals surface area contributed by atoms with E-state index in [1.54, 1.807) is 0 Å². The number of rotatable bonds is 6. The lowest BCUT2D eigenvalue weighted by Gasteiger charge is -2.29. The molecular weight excluding hydrogens is 248 g/mol. The van der Waals surface area contributed by atoms with E-state index in [0.29, 0.717) is 12.1 Å². The van der Waals surface area contributed by atoms with Crippen molar-refractivity contribution in [3.8, 4) is 5.75 Å². The summed E-state index contributed by atoms with van der Waals surface area (Å²) in [4.78, 5) is 0. The number of hydrogen-bond acceptors (Lipinski definition) is 3. The highest BCUT2D eigenvalue weighted by atomic mass is 16.5. The standard InChI is InChI=1S/C17H28N2O/c1-13(2)20-17-9-7-15(8-10-17)11-18-12-16-6-4-5-14(3)19-16/h7-10,13-14,16,18-19H,4-6,11-12H2,1-3H3. The molecule has 0 radical (unpaired) electrons. The van der Waals surface area contributed by atoms with Gasteiger partial charge in [-0.05, 0) is 51.3 Å². The van der Waals surface area contributed by atoms with Crippen molar-refractivity contribution in [2.45, 2.75) is 64.8 Å². The molecule has 2 N–H and O–H groups in total. The van der Waals surface area contributed by atoms with Crippen molar-refractivity contribution in [1.82, 2.24) is 10.6 Å². The lowest BCUT2D eigenvalue weighted by Crippen LogP contribution is -2.45. The van der Waals surface area contributed by atoms with Crippen molar-refractivity contribution >= 4 is 0 Å². The van der Waals surface area contributed by atoms with Crippen molar-refractivity contribution in [3.63, 3.8) is 0 Å². The monoisotopic (exact) mass is 276 g/mol. The molecule has 0 bridgehead atoms. The van der Waals surface area contributed by atoms with Crippen LogP contribution < -0.4 is 15.4 Å². The number of nitrogens with one attached hydrogen (secondary N) is 2. The summed E-state index contributed by atoms with van der Waals surface area (Å²) in [6, 6.07) is 9.68. The molecule has 1 aliphatic rings. The smallest absolute Gasteiger partial charge is 0.119 e. The average molecular weight is 276 g/mol. The third-order valence-electron chi connectivity index (χ3n) is 3.72. The van der Waals surface area contributed by atoms with E-state index in [9.17, 15) is 0 Å². The first kappa shape index (κ1) is 15.3. The van der Waals surface area contributed by atoms with Crippen molar-refractivity contribution in [3.05, 3.63) is 29.8 Å². The molecule has 0 aromatic heterocycles. The van der Waals surface area contributed by atoms with Crippen molar-refractivity contribution in [2.75, 3.05) is 6.54 Å². The third kappa shape index (κ3) is 5.14. The molecule has 20 heavy (non-hydrogen) atoms. The Labute approximate surface area is 123 Å². The van der Waals surface area contributed by atoms with Crippen LogP contribution in [0.25, 0.3) is 0 Å². The van der Waals surface area contributed by atoms with Crippen LogP contribution in [0.15, 0.2) is 24.3 Å². The van der Waals surface area contributed by atoms with Gasteiger partial charge in [-0.15, -0.1) is 0 Å². The van der Waals surface area contributed by atoms with Gasteiger partial charge in [-0.3, -0.25) is 0 Å². The van der Waals surface area contributed by atoms with E-state index >= 15 is 0 Å². The average Bonchev–Trinajstić information content (AvgIpc) is 2.40. The Bertz CT molecular complexity index is 388. The molecule has 0 saturated carbocycles. The first-order chi connectivity index (χ1) is 9.63. The van der Waals surface area contributed by atoms with Crippen molar-refractivity contribution in [2.24, 2.45) is 0 Å². The second-order valence-corrected chi connectivity index (χ2v) is 6.14. The van der Waals surface area contributed by atoms with Gasteiger partial charge < -0.3 is 15.4 Å². The zero-order valence-electron chi connectivity index (χ0n) is 13.0. The fourth-order valence-corrected chi connectivity index (χ4v) is 2.75. The van der Waals surface area contributed by atoms with E-state index in [2.05, 4.69) is 41.8 Å². The summed E-state index contributed by atoms with van der Waals surface area (Å²) in [5.41, 5.74) is 1.31. The molecular formula is C17H28N2O. The molecule has 1 saturated heterocycles. The quantitative estimate of drug-likeness (QED) is 0.837. The first-order valence-corrected chi connectivity index (χ1v) is 7.86. The first-order valence-electron chi connectivity index (χ1n) is 7.86. The second kappa shape index (κ2) is 7.65. The minimum atomic E-state index is 0.235. The molecule has 1 aromatic carbocycles. The molecule has 2 rings (SSSR count). The summed E-state index contributed by atoms with van der Waals surface area (Å²) >= 11 is 0. The fraction of sp³-hybridized carbons (Fsp3) is 0.647. The number of hydrogen-bond donors (Lipinski definition) is 2. The van der Waals surface area contributed by atoms with E-state index in [1.165, 1.54) is 24.8 Å². The summed E-state index contributed by atoms with van der Waals surface area (Å²) in [7, 11) is 0. The van der Waals surface area contributed by atoms with E-state index in [4.69, 9.17) is 4.74 Å². The second-order valence-electron chi connectivity index (χ2n) is 6.14. The molecule has 1 aromatic rings. The van der Waals surface area contributed by atoms with E-state index < -0.39 is 0 Å². The Morgan fingerprint density at radius 3 is 2.65 bits per heavy atom. The maximum atomic E-state index is 5.65. The van der Waals surface area contributed by atoms with Crippen LogP contribution in [-0.2, 0) is 6.54 Å². The SMILES string of the molecule is CC1CCCC(CNCc2ccc(OC(C)C)cc2)N1. The van der Waals surface area contributed by atoms with Crippen LogP contribution in [0.1, 0.15) is 45.6 Å². The summed E-state index contributed by atoms with van der Waals surface area (Å²) in [5.74, 6) is 0.950. The molecule has 3 nitrogen and oxygen atoms in total. The normalized spacial score (nSPS) is 23.0.